The van der Waals surface area contributed by atoms with Crippen LogP contribution in [0.25, 0.3) is 0 Å². The molecule has 2 rings (SSSR count). The SMILES string of the molecule is COc1ccc(N(C)Cc2ccccc2C(=O)O)c(OC)c1. The minimum Gasteiger partial charge on any atom is -0.497 e. The molecule has 0 saturated heterocycles. The van der Waals surface area contributed by atoms with Crippen LogP contribution in [0.2, 0.25) is 0 Å². The number of aromatic carboxylic acids is 1. The average Bonchev–Trinajstić information content (AvgIpc) is 2.54. The molecule has 0 bridgehead atoms. The predicted octanol–water partition coefficient (Wildman–Crippen LogP) is 3.04. The number of nitrogens with zero attached hydrogens (tertiary/aromatic N) is 1. The molecule has 2 aromatic rings. The highest BCUT2D eigenvalue weighted by Gasteiger charge is 2.14. The molecule has 0 heterocycles. The summed E-state index contributed by atoms with van der Waals surface area (Å²) in [6.07, 6.45) is 0. The predicted molar refractivity (Wildman–Crippen MR) is 85.1 cm³/mol. The van der Waals surface area contributed by atoms with Crippen molar-refractivity contribution >= 4 is 11.7 Å². The number of hydrogen-bond acceptors (Lipinski definition) is 4. The Bertz CT molecular complexity index is 669. The van der Waals surface area contributed by atoms with E-state index < -0.39 is 5.97 Å². The van der Waals surface area contributed by atoms with Gasteiger partial charge in [0.1, 0.15) is 11.5 Å². The van der Waals surface area contributed by atoms with Crippen LogP contribution in [0.3, 0.4) is 0 Å². The quantitative estimate of drug-likeness (QED) is 0.888. The van der Waals surface area contributed by atoms with Gasteiger partial charge in [-0.1, -0.05) is 18.2 Å². The van der Waals surface area contributed by atoms with Crippen molar-refractivity contribution in [1.82, 2.24) is 0 Å². The van der Waals surface area contributed by atoms with Gasteiger partial charge in [0, 0.05) is 19.7 Å². The third kappa shape index (κ3) is 3.31. The minimum absolute atomic E-state index is 0.307. The third-order valence-electron chi connectivity index (χ3n) is 3.45. The zero-order valence-electron chi connectivity index (χ0n) is 12.9. The Morgan fingerprint density at radius 3 is 2.50 bits per heavy atom. The van der Waals surface area contributed by atoms with E-state index in [1.54, 1.807) is 32.4 Å². The van der Waals surface area contributed by atoms with Crippen molar-refractivity contribution in [3.05, 3.63) is 53.6 Å². The molecular formula is C17H19NO4. The molecule has 116 valence electrons. The van der Waals surface area contributed by atoms with Gasteiger partial charge in [-0.2, -0.15) is 0 Å². The molecule has 0 aliphatic heterocycles. The van der Waals surface area contributed by atoms with Gasteiger partial charge in [-0.3, -0.25) is 0 Å². The summed E-state index contributed by atoms with van der Waals surface area (Å²) in [5.41, 5.74) is 1.92. The maximum Gasteiger partial charge on any atom is 0.336 e. The maximum absolute atomic E-state index is 11.3. The van der Waals surface area contributed by atoms with Crippen LogP contribution in [0.1, 0.15) is 15.9 Å². The van der Waals surface area contributed by atoms with Crippen molar-refractivity contribution in [2.75, 3.05) is 26.2 Å². The van der Waals surface area contributed by atoms with Crippen molar-refractivity contribution < 1.29 is 19.4 Å². The number of methoxy groups -OCH3 is 2. The van der Waals surface area contributed by atoms with Gasteiger partial charge in [0.2, 0.25) is 0 Å². The van der Waals surface area contributed by atoms with Crippen molar-refractivity contribution in [2.24, 2.45) is 0 Å². The fourth-order valence-corrected chi connectivity index (χ4v) is 2.31. The van der Waals surface area contributed by atoms with E-state index in [4.69, 9.17) is 9.47 Å². The van der Waals surface area contributed by atoms with E-state index in [9.17, 15) is 9.90 Å². The molecule has 5 nitrogen and oxygen atoms in total. The molecule has 2 aromatic carbocycles. The maximum atomic E-state index is 11.3. The summed E-state index contributed by atoms with van der Waals surface area (Å²) in [7, 11) is 5.08. The van der Waals surface area contributed by atoms with Crippen LogP contribution in [0, 0.1) is 0 Å². The molecule has 0 radical (unpaired) electrons. The molecule has 0 saturated carbocycles. The lowest BCUT2D eigenvalue weighted by Crippen LogP contribution is -2.19. The number of anilines is 1. The van der Waals surface area contributed by atoms with Gasteiger partial charge in [0.25, 0.3) is 0 Å². The molecule has 0 spiro atoms. The number of carbonyl (C=O) groups is 1. The first kappa shape index (κ1) is 15.7. The van der Waals surface area contributed by atoms with Gasteiger partial charge in [-0.05, 0) is 23.8 Å². The van der Waals surface area contributed by atoms with E-state index >= 15 is 0 Å². The van der Waals surface area contributed by atoms with E-state index in [2.05, 4.69) is 0 Å². The number of rotatable bonds is 6. The molecule has 0 amide bonds. The second kappa shape index (κ2) is 6.85. The summed E-state index contributed by atoms with van der Waals surface area (Å²) < 4.78 is 10.6. The van der Waals surface area contributed by atoms with Crippen molar-refractivity contribution in [2.45, 2.75) is 6.54 Å². The highest BCUT2D eigenvalue weighted by atomic mass is 16.5. The molecule has 0 unspecified atom stereocenters. The monoisotopic (exact) mass is 301 g/mol. The van der Waals surface area contributed by atoms with Crippen LogP contribution in [-0.2, 0) is 6.54 Å². The lowest BCUT2D eigenvalue weighted by atomic mass is 10.1. The van der Waals surface area contributed by atoms with Crippen LogP contribution < -0.4 is 14.4 Å². The van der Waals surface area contributed by atoms with E-state index in [-0.39, 0.29) is 0 Å². The topological polar surface area (TPSA) is 59.0 Å². The van der Waals surface area contributed by atoms with E-state index in [0.29, 0.717) is 23.6 Å². The molecule has 0 atom stereocenters. The molecule has 22 heavy (non-hydrogen) atoms. The molecule has 0 aliphatic rings. The molecule has 0 aliphatic carbocycles. The Morgan fingerprint density at radius 1 is 1.14 bits per heavy atom. The summed E-state index contributed by atoms with van der Waals surface area (Å²) >= 11 is 0. The Balaban J connectivity index is 2.30. The summed E-state index contributed by atoms with van der Waals surface area (Å²) in [5.74, 6) is 0.459. The summed E-state index contributed by atoms with van der Waals surface area (Å²) in [6.45, 7) is 0.463. The second-order valence-electron chi connectivity index (χ2n) is 4.86. The Kier molecular flexibility index (Phi) is 4.88. The van der Waals surface area contributed by atoms with Gasteiger partial charge >= 0.3 is 5.97 Å². The van der Waals surface area contributed by atoms with Crippen LogP contribution in [-0.4, -0.2) is 32.3 Å². The molecular weight excluding hydrogens is 282 g/mol. The number of hydrogen-bond donors (Lipinski definition) is 1. The zero-order valence-corrected chi connectivity index (χ0v) is 12.9. The average molecular weight is 301 g/mol. The Labute approximate surface area is 129 Å². The van der Waals surface area contributed by atoms with E-state index in [1.165, 1.54) is 0 Å². The first-order chi connectivity index (χ1) is 10.6. The van der Waals surface area contributed by atoms with Crippen LogP contribution in [0.5, 0.6) is 11.5 Å². The lowest BCUT2D eigenvalue weighted by molar-refractivity contribution is 0.0695. The molecule has 0 aromatic heterocycles. The highest BCUT2D eigenvalue weighted by Crippen LogP contribution is 2.32. The number of carboxylic acids is 1. The van der Waals surface area contributed by atoms with Gasteiger partial charge in [-0.15, -0.1) is 0 Å². The van der Waals surface area contributed by atoms with Crippen LogP contribution in [0.4, 0.5) is 5.69 Å². The summed E-state index contributed by atoms with van der Waals surface area (Å²) in [6, 6.07) is 12.5. The first-order valence-electron chi connectivity index (χ1n) is 6.81. The fraction of sp³-hybridized carbons (Fsp3) is 0.235. The van der Waals surface area contributed by atoms with E-state index in [1.807, 2.05) is 36.2 Å². The van der Waals surface area contributed by atoms with Crippen molar-refractivity contribution in [3.63, 3.8) is 0 Å². The summed E-state index contributed by atoms with van der Waals surface area (Å²) in [5, 5.41) is 9.26. The Hall–Kier alpha value is -2.69. The number of carboxylic acid groups (broad SMARTS) is 1. The van der Waals surface area contributed by atoms with Gasteiger partial charge < -0.3 is 19.5 Å². The smallest absolute Gasteiger partial charge is 0.336 e. The van der Waals surface area contributed by atoms with Gasteiger partial charge in [0.05, 0.1) is 25.5 Å². The fourth-order valence-electron chi connectivity index (χ4n) is 2.31. The normalized spacial score (nSPS) is 10.1. The number of benzene rings is 2. The molecule has 5 heteroatoms. The van der Waals surface area contributed by atoms with Crippen molar-refractivity contribution in [1.29, 1.82) is 0 Å². The highest BCUT2D eigenvalue weighted by molar-refractivity contribution is 5.89. The van der Waals surface area contributed by atoms with Gasteiger partial charge in [-0.25, -0.2) is 4.79 Å². The van der Waals surface area contributed by atoms with Crippen LogP contribution >= 0.6 is 0 Å². The first-order valence-corrected chi connectivity index (χ1v) is 6.81. The van der Waals surface area contributed by atoms with Crippen LogP contribution in [0.15, 0.2) is 42.5 Å². The largest absolute Gasteiger partial charge is 0.497 e. The molecule has 0 fully saturated rings. The van der Waals surface area contributed by atoms with Gasteiger partial charge in [0.15, 0.2) is 0 Å². The Morgan fingerprint density at radius 2 is 1.86 bits per heavy atom. The standard InChI is InChI=1S/C17H19NO4/c1-18(11-12-6-4-5-7-14(12)17(19)20)15-9-8-13(21-2)10-16(15)22-3/h4-10H,11H2,1-3H3,(H,19,20). The zero-order chi connectivity index (χ0) is 16.1. The third-order valence-corrected chi connectivity index (χ3v) is 3.45. The minimum atomic E-state index is -0.925. The summed E-state index contributed by atoms with van der Waals surface area (Å²) in [4.78, 5) is 13.2. The second-order valence-corrected chi connectivity index (χ2v) is 4.86. The lowest BCUT2D eigenvalue weighted by Gasteiger charge is -2.23. The molecule has 1 N–H and O–H groups in total. The number of ether oxygens (including phenoxy) is 2. The van der Waals surface area contributed by atoms with E-state index in [0.717, 1.165) is 11.3 Å². The van der Waals surface area contributed by atoms with Crippen molar-refractivity contribution in [3.8, 4) is 11.5 Å².